The van der Waals surface area contributed by atoms with Gasteiger partial charge in [0, 0.05) is 29.4 Å². The first kappa shape index (κ1) is 22.4. The Balaban J connectivity index is 1.43. The Bertz CT molecular complexity index is 1090. The van der Waals surface area contributed by atoms with Crippen molar-refractivity contribution in [1.29, 1.82) is 0 Å². The Morgan fingerprint density at radius 2 is 1.68 bits per heavy atom. The van der Waals surface area contributed by atoms with Gasteiger partial charge in [-0.3, -0.25) is 19.7 Å². The summed E-state index contributed by atoms with van der Waals surface area (Å²) in [4.78, 5) is 39.5. The van der Waals surface area contributed by atoms with Crippen molar-refractivity contribution in [3.05, 3.63) is 71.0 Å². The van der Waals surface area contributed by atoms with E-state index in [2.05, 4.69) is 20.9 Å². The fourth-order valence-corrected chi connectivity index (χ4v) is 4.05. The first-order valence-corrected chi connectivity index (χ1v) is 11.2. The Labute approximate surface area is 186 Å². The van der Waals surface area contributed by atoms with Gasteiger partial charge >= 0.3 is 0 Å². The first-order chi connectivity index (χ1) is 14.9. The summed E-state index contributed by atoms with van der Waals surface area (Å²) < 4.78 is 13.7. The minimum atomic E-state index is -0.594. The van der Waals surface area contributed by atoms with Crippen LogP contribution in [0, 0.1) is 5.82 Å². The first-order valence-electron chi connectivity index (χ1n) is 9.16. The number of nitrogens with zero attached hydrogens (tertiary/aromatic N) is 1. The van der Waals surface area contributed by atoms with E-state index in [1.807, 2.05) is 0 Å². The molecule has 1 heterocycles. The average Bonchev–Trinajstić information content (AvgIpc) is 3.16. The van der Waals surface area contributed by atoms with E-state index in [0.29, 0.717) is 28.0 Å². The van der Waals surface area contributed by atoms with Gasteiger partial charge in [0.1, 0.15) is 5.82 Å². The quantitative estimate of drug-likeness (QED) is 0.466. The summed E-state index contributed by atoms with van der Waals surface area (Å²) in [6, 6.07) is 12.6. The number of hydrogen-bond acceptors (Lipinski definition) is 6. The van der Waals surface area contributed by atoms with Gasteiger partial charge in [0.25, 0.3) is 5.91 Å². The zero-order valence-electron chi connectivity index (χ0n) is 16.5. The van der Waals surface area contributed by atoms with Crippen molar-refractivity contribution in [2.45, 2.75) is 12.7 Å². The summed E-state index contributed by atoms with van der Waals surface area (Å²) in [7, 11) is 0. The average molecular weight is 459 g/mol. The van der Waals surface area contributed by atoms with Crippen molar-refractivity contribution in [2.75, 3.05) is 21.7 Å². The molecule has 0 saturated carbocycles. The highest BCUT2D eigenvalue weighted by Crippen LogP contribution is 2.21. The lowest BCUT2D eigenvalue weighted by molar-refractivity contribution is -0.114. The van der Waals surface area contributed by atoms with Crippen molar-refractivity contribution in [3.63, 3.8) is 0 Å². The molecule has 7 nitrogen and oxygen atoms in total. The Hall–Kier alpha value is -3.24. The fraction of sp³-hybridized carbons (Fsp3) is 0.143. The van der Waals surface area contributed by atoms with Gasteiger partial charge < -0.3 is 10.6 Å². The standard InChI is InChI=1S/C21H19FN4O3S2/c1-13(27)23-14-6-8-15(9-7-14)24-19(28)12-30-10-16-11-31-21(25-16)26-20(29)17-4-2-3-5-18(17)22/h2-9,11H,10,12H2,1H3,(H,23,27)(H,24,28)(H,25,26,29). The normalized spacial score (nSPS) is 10.4. The van der Waals surface area contributed by atoms with E-state index in [1.54, 1.807) is 35.7 Å². The minimum Gasteiger partial charge on any atom is -0.326 e. The molecule has 0 unspecified atom stereocenters. The number of rotatable bonds is 8. The monoisotopic (exact) mass is 458 g/mol. The third kappa shape index (κ3) is 6.90. The van der Waals surface area contributed by atoms with Gasteiger partial charge in [0.15, 0.2) is 5.13 Å². The maximum Gasteiger partial charge on any atom is 0.260 e. The summed E-state index contributed by atoms with van der Waals surface area (Å²) in [5.74, 6) is -0.771. The summed E-state index contributed by atoms with van der Waals surface area (Å²) in [5.41, 5.74) is 1.95. The molecule has 0 aliphatic heterocycles. The number of benzene rings is 2. The van der Waals surface area contributed by atoms with E-state index in [9.17, 15) is 18.8 Å². The Morgan fingerprint density at radius 1 is 1.00 bits per heavy atom. The third-order valence-electron chi connectivity index (χ3n) is 3.86. The Morgan fingerprint density at radius 3 is 2.35 bits per heavy atom. The van der Waals surface area contributed by atoms with Crippen LogP contribution < -0.4 is 16.0 Å². The van der Waals surface area contributed by atoms with Crippen LogP contribution in [0.1, 0.15) is 23.0 Å². The van der Waals surface area contributed by atoms with E-state index in [4.69, 9.17) is 0 Å². The number of nitrogens with one attached hydrogen (secondary N) is 3. The molecule has 10 heteroatoms. The van der Waals surface area contributed by atoms with Gasteiger partial charge in [-0.05, 0) is 36.4 Å². The van der Waals surface area contributed by atoms with Crippen LogP contribution in [-0.2, 0) is 15.3 Å². The lowest BCUT2D eigenvalue weighted by Crippen LogP contribution is -2.14. The molecule has 3 aromatic rings. The molecule has 0 radical (unpaired) electrons. The van der Waals surface area contributed by atoms with Crippen LogP contribution in [0.5, 0.6) is 0 Å². The van der Waals surface area contributed by atoms with Gasteiger partial charge in [-0.1, -0.05) is 12.1 Å². The van der Waals surface area contributed by atoms with Crippen LogP contribution in [0.25, 0.3) is 0 Å². The topological polar surface area (TPSA) is 100 Å². The van der Waals surface area contributed by atoms with Crippen molar-refractivity contribution in [3.8, 4) is 0 Å². The zero-order chi connectivity index (χ0) is 22.2. The van der Waals surface area contributed by atoms with E-state index in [0.717, 1.165) is 0 Å². The van der Waals surface area contributed by atoms with Gasteiger partial charge in [0.05, 0.1) is 17.0 Å². The van der Waals surface area contributed by atoms with Crippen LogP contribution >= 0.6 is 23.1 Å². The summed E-state index contributed by atoms with van der Waals surface area (Å²) in [6.45, 7) is 1.43. The Kier molecular flexibility index (Phi) is 7.74. The van der Waals surface area contributed by atoms with Gasteiger partial charge in [-0.2, -0.15) is 0 Å². The maximum absolute atomic E-state index is 13.7. The molecule has 3 rings (SSSR count). The van der Waals surface area contributed by atoms with Crippen LogP contribution in [-0.4, -0.2) is 28.5 Å². The molecule has 160 valence electrons. The number of carbonyl (C=O) groups excluding carboxylic acids is 3. The van der Waals surface area contributed by atoms with Crippen LogP contribution in [0.15, 0.2) is 53.9 Å². The molecule has 0 aliphatic carbocycles. The highest BCUT2D eigenvalue weighted by atomic mass is 32.2. The van der Waals surface area contributed by atoms with Gasteiger partial charge in [-0.25, -0.2) is 9.37 Å². The number of carbonyl (C=O) groups is 3. The molecule has 3 N–H and O–H groups in total. The second kappa shape index (κ2) is 10.7. The molecule has 2 aromatic carbocycles. The molecule has 0 aliphatic rings. The molecule has 0 spiro atoms. The number of amides is 3. The van der Waals surface area contributed by atoms with E-state index in [1.165, 1.54) is 48.2 Å². The van der Waals surface area contributed by atoms with Crippen LogP contribution in [0.3, 0.4) is 0 Å². The number of thioether (sulfide) groups is 1. The lowest BCUT2D eigenvalue weighted by atomic mass is 10.2. The molecule has 1 aromatic heterocycles. The summed E-state index contributed by atoms with van der Waals surface area (Å²) in [6.07, 6.45) is 0. The predicted molar refractivity (Wildman–Crippen MR) is 122 cm³/mol. The number of hydrogen-bond donors (Lipinski definition) is 3. The number of thiazole rings is 1. The van der Waals surface area contributed by atoms with Gasteiger partial charge in [-0.15, -0.1) is 23.1 Å². The molecular weight excluding hydrogens is 439 g/mol. The number of anilines is 3. The van der Waals surface area contributed by atoms with E-state index in [-0.39, 0.29) is 23.1 Å². The SMILES string of the molecule is CC(=O)Nc1ccc(NC(=O)CSCc2csc(NC(=O)c3ccccc3F)n2)cc1. The second-order valence-corrected chi connectivity index (χ2v) is 8.22. The lowest BCUT2D eigenvalue weighted by Gasteiger charge is -2.06. The largest absolute Gasteiger partial charge is 0.326 e. The van der Waals surface area contributed by atoms with Crippen molar-refractivity contribution in [1.82, 2.24) is 4.98 Å². The molecule has 0 bridgehead atoms. The van der Waals surface area contributed by atoms with E-state index < -0.39 is 11.7 Å². The molecular formula is C21H19FN4O3S2. The smallest absolute Gasteiger partial charge is 0.260 e. The molecule has 0 fully saturated rings. The third-order valence-corrected chi connectivity index (χ3v) is 5.64. The number of halogens is 1. The molecule has 31 heavy (non-hydrogen) atoms. The number of aromatic nitrogens is 1. The predicted octanol–water partition coefficient (Wildman–Crippen LogP) is 4.36. The maximum atomic E-state index is 13.7. The second-order valence-electron chi connectivity index (χ2n) is 6.38. The van der Waals surface area contributed by atoms with Crippen molar-refractivity contribution in [2.24, 2.45) is 0 Å². The summed E-state index contributed by atoms with van der Waals surface area (Å²) in [5, 5.41) is 10.2. The summed E-state index contributed by atoms with van der Waals surface area (Å²) >= 11 is 2.61. The zero-order valence-corrected chi connectivity index (χ0v) is 18.1. The van der Waals surface area contributed by atoms with Crippen LogP contribution in [0.4, 0.5) is 20.9 Å². The highest BCUT2D eigenvalue weighted by molar-refractivity contribution is 7.99. The van der Waals surface area contributed by atoms with Crippen LogP contribution in [0.2, 0.25) is 0 Å². The fourth-order valence-electron chi connectivity index (χ4n) is 2.53. The molecule has 0 atom stereocenters. The highest BCUT2D eigenvalue weighted by Gasteiger charge is 2.13. The van der Waals surface area contributed by atoms with Crippen molar-refractivity contribution < 1.29 is 18.8 Å². The minimum absolute atomic E-state index is 0.0459. The van der Waals surface area contributed by atoms with Gasteiger partial charge in [0.2, 0.25) is 11.8 Å². The molecule has 0 saturated heterocycles. The van der Waals surface area contributed by atoms with E-state index >= 15 is 0 Å². The molecule has 3 amide bonds. The van der Waals surface area contributed by atoms with Crippen molar-refractivity contribution >= 4 is 57.3 Å².